The Hall–Kier alpha value is -2.01. The zero-order chi connectivity index (χ0) is 18.8. The highest BCUT2D eigenvalue weighted by atomic mass is 35.5. The second-order valence-corrected chi connectivity index (χ2v) is 8.17. The van der Waals surface area contributed by atoms with Gasteiger partial charge in [0.05, 0.1) is 11.4 Å². The van der Waals surface area contributed by atoms with Crippen LogP contribution in [-0.2, 0) is 19.4 Å². The quantitative estimate of drug-likeness (QED) is 0.817. The maximum Gasteiger partial charge on any atom is 0.407 e. The smallest absolute Gasteiger partial charge is 0.407 e. The van der Waals surface area contributed by atoms with E-state index in [1.807, 2.05) is 12.1 Å². The first-order chi connectivity index (χ1) is 13.1. The maximum atomic E-state index is 11.4. The second-order valence-electron chi connectivity index (χ2n) is 7.74. The van der Waals surface area contributed by atoms with Crippen molar-refractivity contribution in [2.24, 2.45) is 5.92 Å². The largest absolute Gasteiger partial charge is 0.465 e. The molecule has 1 amide bonds. The number of nitrogens with zero attached hydrogens (tertiary/aromatic N) is 3. The summed E-state index contributed by atoms with van der Waals surface area (Å²) in [5.74, 6) is 0.684. The van der Waals surface area contributed by atoms with E-state index in [-0.39, 0.29) is 0 Å². The van der Waals surface area contributed by atoms with Gasteiger partial charge < -0.3 is 10.0 Å². The Labute approximate surface area is 164 Å². The normalized spacial score (nSPS) is 18.2. The SMILES string of the molecule is O=C(O)N1CCc2nn(CC3CCCCC3)c(-c3ccc(Cl)cc3)c2CC1. The zero-order valence-electron chi connectivity index (χ0n) is 15.5. The molecule has 0 radical (unpaired) electrons. The first kappa shape index (κ1) is 18.4. The summed E-state index contributed by atoms with van der Waals surface area (Å²) < 4.78 is 2.19. The first-order valence-corrected chi connectivity index (χ1v) is 10.3. The van der Waals surface area contributed by atoms with Gasteiger partial charge in [0.1, 0.15) is 0 Å². The average Bonchev–Trinajstić information content (AvgIpc) is 2.86. The van der Waals surface area contributed by atoms with Crippen LogP contribution in [0.15, 0.2) is 24.3 Å². The lowest BCUT2D eigenvalue weighted by molar-refractivity contribution is 0.147. The molecular weight excluding hydrogens is 362 g/mol. The molecule has 5 nitrogen and oxygen atoms in total. The van der Waals surface area contributed by atoms with E-state index in [4.69, 9.17) is 16.7 Å². The standard InChI is InChI=1S/C21H26ClN3O2/c22-17-8-6-16(7-9-17)20-18-10-12-24(21(26)27)13-11-19(18)23-25(20)14-15-4-2-1-3-5-15/h6-9,15H,1-5,10-14H2,(H,26,27). The topological polar surface area (TPSA) is 58.4 Å². The van der Waals surface area contributed by atoms with Gasteiger partial charge in [0, 0.05) is 42.2 Å². The van der Waals surface area contributed by atoms with Crippen LogP contribution in [0, 0.1) is 5.92 Å². The van der Waals surface area contributed by atoms with E-state index in [1.165, 1.54) is 42.6 Å². The molecule has 1 saturated carbocycles. The minimum Gasteiger partial charge on any atom is -0.465 e. The average molecular weight is 388 g/mol. The van der Waals surface area contributed by atoms with E-state index >= 15 is 0 Å². The second kappa shape index (κ2) is 7.93. The molecule has 0 bridgehead atoms. The van der Waals surface area contributed by atoms with Crippen molar-refractivity contribution in [1.82, 2.24) is 14.7 Å². The van der Waals surface area contributed by atoms with Crippen LogP contribution in [0.4, 0.5) is 4.79 Å². The number of fused-ring (bicyclic) bond motifs is 1. The third-order valence-electron chi connectivity index (χ3n) is 5.93. The molecule has 6 heteroatoms. The summed E-state index contributed by atoms with van der Waals surface area (Å²) in [6.07, 6.45) is 7.08. The maximum absolute atomic E-state index is 11.4. The molecule has 0 spiro atoms. The van der Waals surface area contributed by atoms with Crippen LogP contribution in [-0.4, -0.2) is 39.0 Å². The monoisotopic (exact) mass is 387 g/mol. The van der Waals surface area contributed by atoms with Gasteiger partial charge in [-0.3, -0.25) is 4.68 Å². The van der Waals surface area contributed by atoms with Crippen molar-refractivity contribution in [2.75, 3.05) is 13.1 Å². The molecule has 1 fully saturated rings. The summed E-state index contributed by atoms with van der Waals surface area (Å²) in [4.78, 5) is 12.9. The molecule has 2 aromatic rings. The lowest BCUT2D eigenvalue weighted by Crippen LogP contribution is -2.31. The fourth-order valence-electron chi connectivity index (χ4n) is 4.48. The Bertz CT molecular complexity index is 810. The number of carboxylic acid groups (broad SMARTS) is 1. The molecule has 1 aliphatic carbocycles. The molecule has 4 rings (SSSR count). The van der Waals surface area contributed by atoms with E-state index in [0.717, 1.165) is 28.5 Å². The summed E-state index contributed by atoms with van der Waals surface area (Å²) in [5, 5.41) is 15.0. The first-order valence-electron chi connectivity index (χ1n) is 9.94. The van der Waals surface area contributed by atoms with Crippen molar-refractivity contribution in [3.8, 4) is 11.3 Å². The Balaban J connectivity index is 1.70. The summed E-state index contributed by atoms with van der Waals surface area (Å²) in [7, 11) is 0. The molecule has 0 unspecified atom stereocenters. The van der Waals surface area contributed by atoms with Crippen molar-refractivity contribution in [3.05, 3.63) is 40.5 Å². The summed E-state index contributed by atoms with van der Waals surface area (Å²) >= 11 is 6.10. The van der Waals surface area contributed by atoms with Gasteiger partial charge in [-0.2, -0.15) is 5.10 Å². The van der Waals surface area contributed by atoms with Crippen LogP contribution >= 0.6 is 11.6 Å². The minimum absolute atomic E-state index is 0.517. The van der Waals surface area contributed by atoms with Gasteiger partial charge >= 0.3 is 6.09 Å². The molecule has 1 N–H and O–H groups in total. The molecular formula is C21H26ClN3O2. The van der Waals surface area contributed by atoms with Gasteiger partial charge in [-0.05, 0) is 37.3 Å². The van der Waals surface area contributed by atoms with Crippen molar-refractivity contribution in [1.29, 1.82) is 0 Å². The number of benzene rings is 1. The third-order valence-corrected chi connectivity index (χ3v) is 6.18. The van der Waals surface area contributed by atoms with Crippen LogP contribution in [0.3, 0.4) is 0 Å². The van der Waals surface area contributed by atoms with E-state index in [0.29, 0.717) is 31.8 Å². The predicted octanol–water partition coefficient (Wildman–Crippen LogP) is 4.86. The molecule has 2 heterocycles. The Morgan fingerprint density at radius 1 is 1.11 bits per heavy atom. The van der Waals surface area contributed by atoms with Gasteiger partial charge in [-0.1, -0.05) is 43.0 Å². The van der Waals surface area contributed by atoms with Crippen LogP contribution < -0.4 is 0 Å². The highest BCUT2D eigenvalue weighted by Crippen LogP contribution is 2.33. The third kappa shape index (κ3) is 3.98. The lowest BCUT2D eigenvalue weighted by atomic mass is 9.89. The lowest BCUT2D eigenvalue weighted by Gasteiger charge is -2.23. The molecule has 27 heavy (non-hydrogen) atoms. The number of hydrogen-bond donors (Lipinski definition) is 1. The molecule has 2 aliphatic rings. The van der Waals surface area contributed by atoms with Crippen molar-refractivity contribution in [3.63, 3.8) is 0 Å². The fourth-order valence-corrected chi connectivity index (χ4v) is 4.61. The van der Waals surface area contributed by atoms with Gasteiger partial charge in [0.25, 0.3) is 0 Å². The molecule has 1 aromatic carbocycles. The number of amides is 1. The number of hydrogen-bond acceptors (Lipinski definition) is 2. The minimum atomic E-state index is -0.844. The molecule has 144 valence electrons. The van der Waals surface area contributed by atoms with Gasteiger partial charge in [-0.25, -0.2) is 4.79 Å². The van der Waals surface area contributed by atoms with Crippen LogP contribution in [0.2, 0.25) is 5.02 Å². The van der Waals surface area contributed by atoms with Crippen LogP contribution in [0.5, 0.6) is 0 Å². The number of halogens is 1. The van der Waals surface area contributed by atoms with Crippen LogP contribution in [0.1, 0.15) is 43.4 Å². The van der Waals surface area contributed by atoms with E-state index in [2.05, 4.69) is 16.8 Å². The van der Waals surface area contributed by atoms with E-state index in [9.17, 15) is 9.90 Å². The Kier molecular flexibility index (Phi) is 5.39. The Morgan fingerprint density at radius 3 is 2.52 bits per heavy atom. The Morgan fingerprint density at radius 2 is 1.81 bits per heavy atom. The molecule has 0 saturated heterocycles. The van der Waals surface area contributed by atoms with E-state index in [1.54, 1.807) is 0 Å². The summed E-state index contributed by atoms with van der Waals surface area (Å²) in [5.41, 5.74) is 4.53. The fraction of sp³-hybridized carbons (Fsp3) is 0.524. The van der Waals surface area contributed by atoms with Crippen molar-refractivity contribution < 1.29 is 9.90 Å². The van der Waals surface area contributed by atoms with Gasteiger partial charge in [-0.15, -0.1) is 0 Å². The van der Waals surface area contributed by atoms with Crippen LogP contribution in [0.25, 0.3) is 11.3 Å². The number of carbonyl (C=O) groups is 1. The number of aromatic nitrogens is 2. The van der Waals surface area contributed by atoms with Gasteiger partial charge in [0.15, 0.2) is 0 Å². The van der Waals surface area contributed by atoms with Crippen molar-refractivity contribution >= 4 is 17.7 Å². The highest BCUT2D eigenvalue weighted by molar-refractivity contribution is 6.30. The molecule has 1 aliphatic heterocycles. The molecule has 0 atom stereocenters. The summed E-state index contributed by atoms with van der Waals surface area (Å²) in [6.45, 7) is 1.99. The predicted molar refractivity (Wildman–Crippen MR) is 106 cm³/mol. The highest BCUT2D eigenvalue weighted by Gasteiger charge is 2.26. The zero-order valence-corrected chi connectivity index (χ0v) is 16.3. The van der Waals surface area contributed by atoms with Gasteiger partial charge in [0.2, 0.25) is 0 Å². The van der Waals surface area contributed by atoms with Crippen molar-refractivity contribution in [2.45, 2.75) is 51.5 Å². The van der Waals surface area contributed by atoms with E-state index < -0.39 is 6.09 Å². The summed E-state index contributed by atoms with van der Waals surface area (Å²) in [6, 6.07) is 7.94. The molecule has 1 aromatic heterocycles. The number of rotatable bonds is 3.